The number of benzene rings is 1. The van der Waals surface area contributed by atoms with E-state index < -0.39 is 0 Å². The summed E-state index contributed by atoms with van der Waals surface area (Å²) < 4.78 is 8.99. The summed E-state index contributed by atoms with van der Waals surface area (Å²) in [6.45, 7) is 3.45. The molecule has 0 amide bonds. The van der Waals surface area contributed by atoms with Crippen LogP contribution in [0.4, 0.5) is 5.69 Å². The van der Waals surface area contributed by atoms with Gasteiger partial charge in [0.15, 0.2) is 0 Å². The topological polar surface area (TPSA) is 64.7 Å². The maximum Gasteiger partial charge on any atom is 0.276 e. The number of hydrogen-bond acceptors (Lipinski definition) is 5. The first-order chi connectivity index (χ1) is 13.8. The van der Waals surface area contributed by atoms with Crippen molar-refractivity contribution in [3.63, 3.8) is 0 Å². The number of pyridine rings is 1. The third kappa shape index (κ3) is 3.03. The van der Waals surface area contributed by atoms with E-state index in [0.717, 1.165) is 40.9 Å². The van der Waals surface area contributed by atoms with Crippen LogP contribution in [0.15, 0.2) is 59.8 Å². The first kappa shape index (κ1) is 16.9. The largest absolute Gasteiger partial charge is 0.378 e. The molecule has 0 N–H and O–H groups in total. The third-order valence-corrected chi connectivity index (χ3v) is 5.20. The minimum atomic E-state index is -0.0524. The highest BCUT2D eigenvalue weighted by molar-refractivity contribution is 5.93. The Hall–Kier alpha value is -3.19. The van der Waals surface area contributed by atoms with Crippen molar-refractivity contribution < 1.29 is 4.74 Å². The van der Waals surface area contributed by atoms with Gasteiger partial charge in [-0.1, -0.05) is 18.2 Å². The van der Waals surface area contributed by atoms with E-state index in [0.29, 0.717) is 26.2 Å². The molecule has 0 unspecified atom stereocenters. The molecule has 0 radical (unpaired) electrons. The number of aromatic nitrogens is 4. The maximum absolute atomic E-state index is 13.2. The molecule has 7 heteroatoms. The Balaban J connectivity index is 1.47. The van der Waals surface area contributed by atoms with Crippen LogP contribution in [0, 0.1) is 0 Å². The minimum absolute atomic E-state index is 0.0524. The number of rotatable bonds is 4. The van der Waals surface area contributed by atoms with E-state index >= 15 is 0 Å². The molecule has 7 nitrogen and oxygen atoms in total. The molecule has 1 aromatic carbocycles. The molecule has 142 valence electrons. The second-order valence-corrected chi connectivity index (χ2v) is 6.96. The zero-order valence-corrected chi connectivity index (χ0v) is 15.5. The van der Waals surface area contributed by atoms with Gasteiger partial charge < -0.3 is 14.0 Å². The van der Waals surface area contributed by atoms with E-state index in [1.54, 1.807) is 10.9 Å². The lowest BCUT2D eigenvalue weighted by Crippen LogP contribution is -2.37. The average Bonchev–Trinajstić information content (AvgIpc) is 3.16. The Kier molecular flexibility index (Phi) is 4.29. The Labute approximate surface area is 161 Å². The highest BCUT2D eigenvalue weighted by atomic mass is 16.5. The van der Waals surface area contributed by atoms with E-state index in [1.165, 1.54) is 0 Å². The SMILES string of the molecule is O=c1c2c(N3CCOCC3)cccc2cnn1CCc1cn2ccccc2n1. The first-order valence-corrected chi connectivity index (χ1v) is 9.54. The fourth-order valence-corrected chi connectivity index (χ4v) is 3.77. The van der Waals surface area contributed by atoms with Crippen molar-refractivity contribution in [2.75, 3.05) is 31.2 Å². The number of fused-ring (bicyclic) bond motifs is 2. The van der Waals surface area contributed by atoms with Gasteiger partial charge in [0.2, 0.25) is 0 Å². The molecule has 28 heavy (non-hydrogen) atoms. The number of nitrogens with zero attached hydrogens (tertiary/aromatic N) is 5. The van der Waals surface area contributed by atoms with Crippen LogP contribution in [-0.2, 0) is 17.7 Å². The van der Waals surface area contributed by atoms with Crippen LogP contribution in [0.2, 0.25) is 0 Å². The molecule has 1 aliphatic rings. The number of anilines is 1. The van der Waals surface area contributed by atoms with Crippen LogP contribution < -0.4 is 10.5 Å². The van der Waals surface area contributed by atoms with Crippen molar-refractivity contribution in [3.05, 3.63) is 71.0 Å². The van der Waals surface area contributed by atoms with Crippen molar-refractivity contribution in [1.82, 2.24) is 19.2 Å². The highest BCUT2D eigenvalue weighted by Gasteiger charge is 2.17. The van der Waals surface area contributed by atoms with Gasteiger partial charge in [-0.3, -0.25) is 4.79 Å². The van der Waals surface area contributed by atoms with Crippen molar-refractivity contribution in [2.45, 2.75) is 13.0 Å². The summed E-state index contributed by atoms with van der Waals surface area (Å²) in [5, 5.41) is 5.99. The van der Waals surface area contributed by atoms with E-state index in [4.69, 9.17) is 4.74 Å². The lowest BCUT2D eigenvalue weighted by Gasteiger charge is -2.29. The van der Waals surface area contributed by atoms with Gasteiger partial charge in [-0.05, 0) is 18.2 Å². The van der Waals surface area contributed by atoms with Crippen LogP contribution >= 0.6 is 0 Å². The minimum Gasteiger partial charge on any atom is -0.378 e. The van der Waals surface area contributed by atoms with Crippen LogP contribution in [0.1, 0.15) is 5.69 Å². The number of imidazole rings is 1. The fraction of sp³-hybridized carbons (Fsp3) is 0.286. The molecule has 0 atom stereocenters. The third-order valence-electron chi connectivity index (χ3n) is 5.20. The molecule has 3 aromatic heterocycles. The Bertz CT molecular complexity index is 1160. The molecule has 4 aromatic rings. The summed E-state index contributed by atoms with van der Waals surface area (Å²) in [4.78, 5) is 20.0. The van der Waals surface area contributed by atoms with E-state index in [-0.39, 0.29) is 5.56 Å². The summed E-state index contributed by atoms with van der Waals surface area (Å²) in [7, 11) is 0. The molecule has 4 heterocycles. The van der Waals surface area contributed by atoms with Crippen molar-refractivity contribution in [1.29, 1.82) is 0 Å². The standard InChI is InChI=1S/C21H21N5O2/c27-21-20-16(4-3-5-18(20)24-10-12-28-13-11-24)14-22-26(21)9-7-17-15-25-8-2-1-6-19(25)23-17/h1-6,8,14-15H,7,9-13H2. The monoisotopic (exact) mass is 375 g/mol. The fourth-order valence-electron chi connectivity index (χ4n) is 3.77. The van der Waals surface area contributed by atoms with Gasteiger partial charge in [-0.2, -0.15) is 5.10 Å². The number of hydrogen-bond donors (Lipinski definition) is 0. The van der Waals surface area contributed by atoms with Gasteiger partial charge in [0, 0.05) is 37.3 Å². The Morgan fingerprint density at radius 2 is 1.96 bits per heavy atom. The van der Waals surface area contributed by atoms with Crippen molar-refractivity contribution >= 4 is 22.1 Å². The summed E-state index contributed by atoms with van der Waals surface area (Å²) >= 11 is 0. The zero-order valence-electron chi connectivity index (χ0n) is 15.5. The zero-order chi connectivity index (χ0) is 18.9. The summed E-state index contributed by atoms with van der Waals surface area (Å²) in [6.07, 6.45) is 6.41. The molecule has 1 aliphatic heterocycles. The van der Waals surface area contributed by atoms with Crippen LogP contribution in [0.5, 0.6) is 0 Å². The van der Waals surface area contributed by atoms with E-state index in [2.05, 4.69) is 15.0 Å². The van der Waals surface area contributed by atoms with Gasteiger partial charge in [0.05, 0.1) is 42.7 Å². The average molecular weight is 375 g/mol. The van der Waals surface area contributed by atoms with E-state index in [9.17, 15) is 4.79 Å². The number of morpholine rings is 1. The van der Waals surface area contributed by atoms with Crippen LogP contribution in [-0.4, -0.2) is 45.5 Å². The normalized spacial score (nSPS) is 14.8. The Morgan fingerprint density at radius 1 is 1.07 bits per heavy atom. The van der Waals surface area contributed by atoms with Gasteiger partial charge in [0.25, 0.3) is 5.56 Å². The van der Waals surface area contributed by atoms with Gasteiger partial charge in [-0.15, -0.1) is 0 Å². The highest BCUT2D eigenvalue weighted by Crippen LogP contribution is 2.24. The maximum atomic E-state index is 13.2. The van der Waals surface area contributed by atoms with Crippen LogP contribution in [0.3, 0.4) is 0 Å². The van der Waals surface area contributed by atoms with Gasteiger partial charge >= 0.3 is 0 Å². The van der Waals surface area contributed by atoms with Crippen molar-refractivity contribution in [3.8, 4) is 0 Å². The predicted molar refractivity (Wildman–Crippen MR) is 108 cm³/mol. The molecule has 5 rings (SSSR count). The first-order valence-electron chi connectivity index (χ1n) is 9.54. The molecule has 1 fully saturated rings. The molecular formula is C21H21N5O2. The molecule has 0 spiro atoms. The molecule has 1 saturated heterocycles. The van der Waals surface area contributed by atoms with E-state index in [1.807, 2.05) is 53.2 Å². The second kappa shape index (κ2) is 7.09. The summed E-state index contributed by atoms with van der Waals surface area (Å²) in [6, 6.07) is 11.9. The lowest BCUT2D eigenvalue weighted by atomic mass is 10.1. The summed E-state index contributed by atoms with van der Waals surface area (Å²) in [5.41, 5.74) is 2.77. The lowest BCUT2D eigenvalue weighted by molar-refractivity contribution is 0.123. The molecule has 0 bridgehead atoms. The molecule has 0 saturated carbocycles. The predicted octanol–water partition coefficient (Wildman–Crippen LogP) is 2.12. The van der Waals surface area contributed by atoms with Gasteiger partial charge in [-0.25, -0.2) is 9.67 Å². The Morgan fingerprint density at radius 3 is 2.82 bits per heavy atom. The smallest absolute Gasteiger partial charge is 0.276 e. The number of aryl methyl sites for hydroxylation is 2. The number of ether oxygens (including phenoxy) is 1. The molecular weight excluding hydrogens is 354 g/mol. The molecule has 0 aliphatic carbocycles. The quantitative estimate of drug-likeness (QED) is 0.547. The summed E-state index contributed by atoms with van der Waals surface area (Å²) in [5.74, 6) is 0. The van der Waals surface area contributed by atoms with Crippen molar-refractivity contribution in [2.24, 2.45) is 0 Å². The van der Waals surface area contributed by atoms with Crippen LogP contribution in [0.25, 0.3) is 16.4 Å². The second-order valence-electron chi connectivity index (χ2n) is 6.96. The van der Waals surface area contributed by atoms with Gasteiger partial charge in [0.1, 0.15) is 5.65 Å².